The zero-order valence-electron chi connectivity index (χ0n) is 12.7. The van der Waals surface area contributed by atoms with Gasteiger partial charge in [-0.1, -0.05) is 0 Å². The maximum absolute atomic E-state index is 5.17. The van der Waals surface area contributed by atoms with Crippen LogP contribution in [0.2, 0.25) is 0 Å². The van der Waals surface area contributed by atoms with E-state index < -0.39 is 0 Å². The summed E-state index contributed by atoms with van der Waals surface area (Å²) in [6.07, 6.45) is 3.55. The molecule has 5 heteroatoms. The van der Waals surface area contributed by atoms with Gasteiger partial charge >= 0.3 is 0 Å². The summed E-state index contributed by atoms with van der Waals surface area (Å²) in [5.74, 6) is 0.588. The third-order valence-corrected chi connectivity index (χ3v) is 3.47. The van der Waals surface area contributed by atoms with Crippen molar-refractivity contribution in [1.82, 2.24) is 19.7 Å². The van der Waals surface area contributed by atoms with Gasteiger partial charge < -0.3 is 4.74 Å². The minimum absolute atomic E-state index is 0.315. The number of ether oxygens (including phenoxy) is 1. The van der Waals surface area contributed by atoms with Gasteiger partial charge in [0.25, 0.3) is 0 Å². The molecule has 108 valence electrons. The lowest BCUT2D eigenvalue weighted by molar-refractivity contribution is 0.398. The predicted molar refractivity (Wildman–Crippen MR) is 82.4 cm³/mol. The zero-order valence-corrected chi connectivity index (χ0v) is 12.7. The van der Waals surface area contributed by atoms with Gasteiger partial charge in [-0.05, 0) is 38.5 Å². The molecular weight excluding hydrogens is 264 g/mol. The van der Waals surface area contributed by atoms with E-state index in [9.17, 15) is 0 Å². The number of pyridine rings is 2. The summed E-state index contributed by atoms with van der Waals surface area (Å²) in [6.45, 7) is 6.33. The molecule has 0 unspecified atom stereocenters. The summed E-state index contributed by atoms with van der Waals surface area (Å²) in [5.41, 5.74) is 5.06. The van der Waals surface area contributed by atoms with Crippen molar-refractivity contribution in [2.45, 2.75) is 26.8 Å². The Labute approximate surface area is 123 Å². The van der Waals surface area contributed by atoms with Crippen molar-refractivity contribution in [2.75, 3.05) is 7.11 Å². The normalized spacial score (nSPS) is 11.3. The fourth-order valence-electron chi connectivity index (χ4n) is 2.47. The first-order valence-electron chi connectivity index (χ1n) is 6.95. The second kappa shape index (κ2) is 5.16. The molecule has 3 rings (SSSR count). The second-order valence-corrected chi connectivity index (χ2v) is 5.33. The van der Waals surface area contributed by atoms with Gasteiger partial charge in [-0.15, -0.1) is 0 Å². The van der Waals surface area contributed by atoms with Crippen LogP contribution >= 0.6 is 0 Å². The number of aromatic nitrogens is 4. The maximum Gasteiger partial charge on any atom is 0.213 e. The van der Waals surface area contributed by atoms with Gasteiger partial charge in [0, 0.05) is 23.9 Å². The molecule has 0 saturated carbocycles. The lowest BCUT2D eigenvalue weighted by Crippen LogP contribution is -2.03. The van der Waals surface area contributed by atoms with Gasteiger partial charge in [0.15, 0.2) is 0 Å². The monoisotopic (exact) mass is 282 g/mol. The number of hydrogen-bond acceptors (Lipinski definition) is 4. The Hall–Kier alpha value is -2.43. The van der Waals surface area contributed by atoms with Gasteiger partial charge in [-0.2, -0.15) is 5.10 Å². The molecule has 3 aromatic rings. The molecule has 5 nitrogen and oxygen atoms in total. The summed E-state index contributed by atoms with van der Waals surface area (Å²) in [6, 6.07) is 6.22. The maximum atomic E-state index is 5.17. The van der Waals surface area contributed by atoms with Gasteiger partial charge in [-0.25, -0.2) is 9.97 Å². The summed E-state index contributed by atoms with van der Waals surface area (Å²) < 4.78 is 7.18. The van der Waals surface area contributed by atoms with E-state index in [0.29, 0.717) is 11.9 Å². The van der Waals surface area contributed by atoms with Gasteiger partial charge in [-0.3, -0.25) is 4.68 Å². The Bertz CT molecular complexity index is 792. The first-order valence-corrected chi connectivity index (χ1v) is 6.95. The van der Waals surface area contributed by atoms with Crippen LogP contribution in [0.15, 0.2) is 30.6 Å². The lowest BCUT2D eigenvalue weighted by Gasteiger charge is -2.10. The highest BCUT2D eigenvalue weighted by Gasteiger charge is 2.12. The van der Waals surface area contributed by atoms with E-state index in [2.05, 4.69) is 36.9 Å². The smallest absolute Gasteiger partial charge is 0.213 e. The first-order chi connectivity index (χ1) is 10.1. The summed E-state index contributed by atoms with van der Waals surface area (Å²) in [4.78, 5) is 8.85. The number of aryl methyl sites for hydroxylation is 1. The first kappa shape index (κ1) is 13.5. The molecule has 3 aromatic heterocycles. The van der Waals surface area contributed by atoms with E-state index in [1.54, 1.807) is 13.3 Å². The van der Waals surface area contributed by atoms with Crippen molar-refractivity contribution in [3.05, 3.63) is 36.2 Å². The molecule has 0 N–H and O–H groups in total. The standard InChI is InChI=1S/C16H18N4O/c1-10(2)20-16-11(3)7-13(19-14(16)9-18-20)12-5-6-17-15(8-12)21-4/h5-10H,1-4H3. The molecule has 0 aliphatic rings. The van der Waals surface area contributed by atoms with Gasteiger partial charge in [0.1, 0.15) is 5.52 Å². The van der Waals surface area contributed by atoms with E-state index >= 15 is 0 Å². The molecule has 0 saturated heterocycles. The van der Waals surface area contributed by atoms with Crippen LogP contribution in [0.25, 0.3) is 22.3 Å². The summed E-state index contributed by atoms with van der Waals surface area (Å²) in [7, 11) is 1.61. The van der Waals surface area contributed by atoms with Crippen LogP contribution < -0.4 is 4.74 Å². The van der Waals surface area contributed by atoms with Crippen molar-refractivity contribution in [3.8, 4) is 17.1 Å². The van der Waals surface area contributed by atoms with E-state index in [1.807, 2.05) is 23.0 Å². The number of methoxy groups -OCH3 is 1. The van der Waals surface area contributed by atoms with E-state index in [4.69, 9.17) is 9.72 Å². The molecule has 0 atom stereocenters. The van der Waals surface area contributed by atoms with Crippen LogP contribution in [-0.4, -0.2) is 26.9 Å². The highest BCUT2D eigenvalue weighted by molar-refractivity contribution is 5.81. The molecule has 0 radical (unpaired) electrons. The molecule has 0 fully saturated rings. The minimum atomic E-state index is 0.315. The molecule has 0 aliphatic carbocycles. The Kier molecular flexibility index (Phi) is 3.33. The van der Waals surface area contributed by atoms with Crippen LogP contribution in [0.4, 0.5) is 0 Å². The SMILES string of the molecule is COc1cc(-c2cc(C)c3c(cnn3C(C)C)n2)ccn1. The van der Waals surface area contributed by atoms with Crippen molar-refractivity contribution < 1.29 is 4.74 Å². The molecule has 0 amide bonds. The van der Waals surface area contributed by atoms with E-state index in [1.165, 1.54) is 0 Å². The molecule has 0 aliphatic heterocycles. The Morgan fingerprint density at radius 1 is 1.24 bits per heavy atom. The second-order valence-electron chi connectivity index (χ2n) is 5.33. The Balaban J connectivity index is 2.17. The quantitative estimate of drug-likeness (QED) is 0.739. The summed E-state index contributed by atoms with van der Waals surface area (Å²) in [5, 5.41) is 4.44. The number of hydrogen-bond donors (Lipinski definition) is 0. The molecule has 0 aromatic carbocycles. The van der Waals surface area contributed by atoms with Crippen LogP contribution in [0.5, 0.6) is 5.88 Å². The Morgan fingerprint density at radius 3 is 2.76 bits per heavy atom. The third-order valence-electron chi connectivity index (χ3n) is 3.47. The van der Waals surface area contributed by atoms with Crippen molar-refractivity contribution in [1.29, 1.82) is 0 Å². The predicted octanol–water partition coefficient (Wildman–Crippen LogP) is 3.39. The van der Waals surface area contributed by atoms with Crippen LogP contribution in [0, 0.1) is 6.92 Å². The van der Waals surface area contributed by atoms with Crippen LogP contribution in [0.1, 0.15) is 25.5 Å². The average Bonchev–Trinajstić information content (AvgIpc) is 2.92. The lowest BCUT2D eigenvalue weighted by atomic mass is 10.1. The Morgan fingerprint density at radius 2 is 2.05 bits per heavy atom. The minimum Gasteiger partial charge on any atom is -0.481 e. The molecule has 3 heterocycles. The average molecular weight is 282 g/mol. The van der Waals surface area contributed by atoms with Crippen LogP contribution in [0.3, 0.4) is 0 Å². The van der Waals surface area contributed by atoms with Gasteiger partial charge in [0.05, 0.1) is 24.5 Å². The highest BCUT2D eigenvalue weighted by Crippen LogP contribution is 2.26. The van der Waals surface area contributed by atoms with Gasteiger partial charge in [0.2, 0.25) is 5.88 Å². The van der Waals surface area contributed by atoms with Crippen molar-refractivity contribution >= 4 is 11.0 Å². The number of rotatable bonds is 3. The molecular formula is C16H18N4O. The summed E-state index contributed by atoms with van der Waals surface area (Å²) >= 11 is 0. The topological polar surface area (TPSA) is 52.8 Å². The zero-order chi connectivity index (χ0) is 15.0. The van der Waals surface area contributed by atoms with E-state index in [-0.39, 0.29) is 0 Å². The number of nitrogens with zero attached hydrogens (tertiary/aromatic N) is 4. The van der Waals surface area contributed by atoms with Crippen molar-refractivity contribution in [2.24, 2.45) is 0 Å². The van der Waals surface area contributed by atoms with Crippen LogP contribution in [-0.2, 0) is 0 Å². The molecule has 0 spiro atoms. The largest absolute Gasteiger partial charge is 0.481 e. The fourth-order valence-corrected chi connectivity index (χ4v) is 2.47. The number of fused-ring (bicyclic) bond motifs is 1. The van der Waals surface area contributed by atoms with E-state index in [0.717, 1.165) is 27.9 Å². The highest BCUT2D eigenvalue weighted by atomic mass is 16.5. The third kappa shape index (κ3) is 2.35. The fraction of sp³-hybridized carbons (Fsp3) is 0.312. The molecule has 0 bridgehead atoms. The molecule has 21 heavy (non-hydrogen) atoms. The van der Waals surface area contributed by atoms with Crippen molar-refractivity contribution in [3.63, 3.8) is 0 Å².